The number of anilines is 2. The molecule has 0 unspecified atom stereocenters. The molecule has 0 fully saturated rings. The number of terminal acetylenes is 1. The average molecular weight is 541 g/mol. The van der Waals surface area contributed by atoms with Crippen molar-refractivity contribution in [3.05, 3.63) is 78.1 Å². The number of hydrogen-bond acceptors (Lipinski definition) is 4. The van der Waals surface area contributed by atoms with E-state index in [1.54, 1.807) is 0 Å². The van der Waals surface area contributed by atoms with Crippen molar-refractivity contribution in [2.24, 2.45) is 14.1 Å². The number of pyridine rings is 2. The fraction of sp³-hybridized carbons (Fsp3) is 0.258. The molecule has 2 aliphatic heterocycles. The number of benzene rings is 1. The molecule has 0 N–H and O–H groups in total. The Morgan fingerprint density at radius 1 is 0.875 bits per heavy atom. The van der Waals surface area contributed by atoms with Crippen LogP contribution in [0, 0.1) is 18.2 Å². The number of imide groups is 1. The molecule has 0 radical (unpaired) electrons. The third-order valence-electron chi connectivity index (χ3n) is 7.14. The van der Waals surface area contributed by atoms with Gasteiger partial charge in [0, 0.05) is 41.5 Å². The zero-order valence-electron chi connectivity index (χ0n) is 22.4. The van der Waals surface area contributed by atoms with Crippen molar-refractivity contribution in [3.63, 3.8) is 0 Å². The van der Waals surface area contributed by atoms with Crippen LogP contribution in [0.4, 0.5) is 15.8 Å². The van der Waals surface area contributed by atoms with Crippen LogP contribution >= 0.6 is 0 Å². The van der Waals surface area contributed by atoms with E-state index in [0.717, 1.165) is 23.8 Å². The summed E-state index contributed by atoms with van der Waals surface area (Å²) in [6.07, 6.45) is 16.2. The largest absolute Gasteiger partial charge is 0.481 e. The number of amides is 3. The van der Waals surface area contributed by atoms with Crippen molar-refractivity contribution >= 4 is 29.1 Å². The Bertz CT molecular complexity index is 1500. The molecule has 9 heteroatoms. The molecule has 202 valence electrons. The second-order valence-electron chi connectivity index (χ2n) is 9.86. The molecule has 6 rings (SSSR count). The van der Waals surface area contributed by atoms with Crippen LogP contribution in [-0.2, 0) is 28.5 Å². The molecule has 0 bridgehead atoms. The van der Waals surface area contributed by atoms with E-state index in [4.69, 9.17) is 11.2 Å². The minimum atomic E-state index is -0.764. The topological polar surface area (TPSA) is 74.7 Å². The standard InChI is InChI=1S/C19H15FN2O4.C12H14N2/c1-2-7-21-15-9-14(13(20)8-16(15)26-10-17(21)23)22-18(24)11-5-3-4-6-12(11)19(22)25;1-13-7-3-11(4-8-13)12-5-9-14(2)10-6-12/h1,8-9H,3-7,10H2;3-10H,1-2H3/q;+2. The molecule has 1 aromatic carbocycles. The molecule has 4 heterocycles. The monoisotopic (exact) mass is 540 g/mol. The van der Waals surface area contributed by atoms with Crippen molar-refractivity contribution in [2.45, 2.75) is 25.7 Å². The summed E-state index contributed by atoms with van der Waals surface area (Å²) in [5, 5.41) is 0. The van der Waals surface area contributed by atoms with Crippen LogP contribution in [0.1, 0.15) is 25.7 Å². The number of hydrogen-bond donors (Lipinski definition) is 0. The number of nitrogens with zero attached hydrogens (tertiary/aromatic N) is 4. The van der Waals surface area contributed by atoms with Gasteiger partial charge in [0.1, 0.15) is 19.8 Å². The highest BCUT2D eigenvalue weighted by atomic mass is 19.1. The number of halogens is 1. The molecule has 0 saturated heterocycles. The van der Waals surface area contributed by atoms with E-state index < -0.39 is 17.6 Å². The molecular formula is C31H29FN4O4+2. The predicted octanol–water partition coefficient (Wildman–Crippen LogP) is 2.93. The van der Waals surface area contributed by atoms with Crippen molar-refractivity contribution in [2.75, 3.05) is 23.0 Å². The molecule has 0 spiro atoms. The first kappa shape index (κ1) is 26.8. The summed E-state index contributed by atoms with van der Waals surface area (Å²) in [4.78, 5) is 39.5. The first-order valence-corrected chi connectivity index (χ1v) is 13.0. The van der Waals surface area contributed by atoms with Crippen LogP contribution in [0.15, 0.2) is 72.3 Å². The predicted molar refractivity (Wildman–Crippen MR) is 145 cm³/mol. The van der Waals surface area contributed by atoms with Crippen LogP contribution in [0.3, 0.4) is 0 Å². The number of carbonyl (C=O) groups excluding carboxylic acids is 3. The Morgan fingerprint density at radius 3 is 1.90 bits per heavy atom. The van der Waals surface area contributed by atoms with E-state index in [1.165, 1.54) is 22.1 Å². The number of aromatic nitrogens is 2. The fourth-order valence-electron chi connectivity index (χ4n) is 4.99. The first-order chi connectivity index (χ1) is 19.3. The lowest BCUT2D eigenvalue weighted by Gasteiger charge is -2.29. The molecule has 0 saturated carbocycles. The fourth-order valence-corrected chi connectivity index (χ4v) is 4.99. The van der Waals surface area contributed by atoms with Crippen LogP contribution in [0.5, 0.6) is 5.75 Å². The summed E-state index contributed by atoms with van der Waals surface area (Å²) in [6, 6.07) is 10.8. The van der Waals surface area contributed by atoms with E-state index in [-0.39, 0.29) is 36.2 Å². The SMILES string of the molecule is C#CCN1C(=O)COc2cc(F)c(N3C(=O)C4=C(CCCC4)C3=O)cc21.C[n+]1ccc(-c2cc[n+](C)cc2)cc1. The van der Waals surface area contributed by atoms with E-state index in [0.29, 0.717) is 24.0 Å². The van der Waals surface area contributed by atoms with Gasteiger partial charge in [0.2, 0.25) is 0 Å². The summed E-state index contributed by atoms with van der Waals surface area (Å²) in [6.45, 7) is -0.262. The highest BCUT2D eigenvalue weighted by molar-refractivity contribution is 6.33. The zero-order chi connectivity index (χ0) is 28.4. The molecule has 3 aliphatic rings. The Kier molecular flexibility index (Phi) is 7.43. The number of fused-ring (bicyclic) bond motifs is 1. The lowest BCUT2D eigenvalue weighted by molar-refractivity contribution is -0.671. The van der Waals surface area contributed by atoms with E-state index in [1.807, 2.05) is 23.2 Å². The van der Waals surface area contributed by atoms with Gasteiger partial charge in [-0.3, -0.25) is 19.3 Å². The third-order valence-corrected chi connectivity index (χ3v) is 7.14. The summed E-state index contributed by atoms with van der Waals surface area (Å²) in [7, 11) is 4.05. The molecule has 3 aromatic rings. The van der Waals surface area contributed by atoms with Gasteiger partial charge in [-0.15, -0.1) is 6.42 Å². The van der Waals surface area contributed by atoms with Gasteiger partial charge in [0.05, 0.1) is 17.9 Å². The van der Waals surface area contributed by atoms with Gasteiger partial charge >= 0.3 is 0 Å². The van der Waals surface area contributed by atoms with E-state index in [2.05, 4.69) is 55.0 Å². The van der Waals surface area contributed by atoms with Crippen molar-refractivity contribution < 1.29 is 32.6 Å². The highest BCUT2D eigenvalue weighted by Gasteiger charge is 2.41. The zero-order valence-corrected chi connectivity index (χ0v) is 22.4. The second kappa shape index (κ2) is 11.1. The Morgan fingerprint density at radius 2 is 1.40 bits per heavy atom. The molecule has 1 aliphatic carbocycles. The summed E-state index contributed by atoms with van der Waals surface area (Å²) in [5.74, 6) is 0.406. The highest BCUT2D eigenvalue weighted by Crippen LogP contribution is 2.41. The van der Waals surface area contributed by atoms with Gasteiger partial charge in [-0.25, -0.2) is 18.4 Å². The number of aryl methyl sites for hydroxylation is 2. The second-order valence-corrected chi connectivity index (χ2v) is 9.86. The Hall–Kier alpha value is -4.84. The molecule has 0 atom stereocenters. The van der Waals surface area contributed by atoms with Gasteiger partial charge in [0.15, 0.2) is 37.2 Å². The van der Waals surface area contributed by atoms with E-state index >= 15 is 0 Å². The maximum Gasteiger partial charge on any atom is 0.265 e. The van der Waals surface area contributed by atoms with Crippen molar-refractivity contribution in [1.82, 2.24) is 0 Å². The summed E-state index contributed by atoms with van der Waals surface area (Å²) < 4.78 is 24.0. The van der Waals surface area contributed by atoms with Crippen molar-refractivity contribution in [3.8, 4) is 29.2 Å². The van der Waals surface area contributed by atoms with Gasteiger partial charge in [-0.2, -0.15) is 0 Å². The van der Waals surface area contributed by atoms with E-state index in [9.17, 15) is 18.8 Å². The maximum atomic E-state index is 14.7. The minimum Gasteiger partial charge on any atom is -0.481 e. The van der Waals surface area contributed by atoms with Crippen LogP contribution in [0.2, 0.25) is 0 Å². The maximum absolute atomic E-state index is 14.7. The van der Waals surface area contributed by atoms with Crippen LogP contribution in [-0.4, -0.2) is 30.9 Å². The molecular weight excluding hydrogens is 511 g/mol. The van der Waals surface area contributed by atoms with Gasteiger partial charge in [-0.1, -0.05) is 5.92 Å². The van der Waals surface area contributed by atoms with Crippen LogP contribution in [0.25, 0.3) is 11.1 Å². The number of carbonyl (C=O) groups is 3. The first-order valence-electron chi connectivity index (χ1n) is 13.0. The number of ether oxygens (including phenoxy) is 1. The number of rotatable bonds is 3. The Balaban J connectivity index is 0.000000194. The summed E-state index contributed by atoms with van der Waals surface area (Å²) >= 11 is 0. The normalized spacial score (nSPS) is 16.1. The third kappa shape index (κ3) is 5.08. The molecule has 3 amide bonds. The quantitative estimate of drug-likeness (QED) is 0.291. The Labute approximate surface area is 231 Å². The van der Waals surface area contributed by atoms with Gasteiger partial charge < -0.3 is 4.74 Å². The smallest absolute Gasteiger partial charge is 0.265 e. The minimum absolute atomic E-state index is 0.0170. The average Bonchev–Trinajstić information content (AvgIpc) is 3.21. The molecule has 8 nitrogen and oxygen atoms in total. The molecule has 40 heavy (non-hydrogen) atoms. The lowest BCUT2D eigenvalue weighted by Crippen LogP contribution is -2.39. The molecule has 2 aromatic heterocycles. The van der Waals surface area contributed by atoms with Crippen molar-refractivity contribution in [1.29, 1.82) is 0 Å². The van der Waals surface area contributed by atoms with Gasteiger partial charge in [0.25, 0.3) is 17.7 Å². The van der Waals surface area contributed by atoms with Crippen LogP contribution < -0.4 is 23.7 Å². The lowest BCUT2D eigenvalue weighted by atomic mass is 9.93. The van der Waals surface area contributed by atoms with Gasteiger partial charge in [-0.05, 0) is 42.9 Å². The summed E-state index contributed by atoms with van der Waals surface area (Å²) in [5.41, 5.74) is 3.50.